The van der Waals surface area contributed by atoms with Crippen LogP contribution in [0.3, 0.4) is 0 Å². The molecule has 0 aliphatic carbocycles. The maximum Gasteiger partial charge on any atom is 0.246 e. The van der Waals surface area contributed by atoms with Crippen LogP contribution < -0.4 is 10.2 Å². The lowest BCUT2D eigenvalue weighted by atomic mass is 9.74. The molecule has 0 aromatic heterocycles. The van der Waals surface area contributed by atoms with Crippen LogP contribution in [-0.4, -0.2) is 18.9 Å². The molecule has 154 valence electrons. The third-order valence-electron chi connectivity index (χ3n) is 6.03. The van der Waals surface area contributed by atoms with Crippen LogP contribution in [0.1, 0.15) is 22.3 Å². The molecule has 0 saturated carbocycles. The summed E-state index contributed by atoms with van der Waals surface area (Å²) in [5, 5.41) is 2.98. The monoisotopic (exact) mass is 410 g/mol. The number of carbonyl (C=O) groups excluding carboxylic acids is 2. The molecular formula is C26H22N2O3. The number of anilines is 2. The Hall–Kier alpha value is -3.86. The third-order valence-corrected chi connectivity index (χ3v) is 6.03. The lowest BCUT2D eigenvalue weighted by Gasteiger charge is -2.28. The first-order valence-electron chi connectivity index (χ1n) is 10.2. The molecule has 0 saturated heterocycles. The van der Waals surface area contributed by atoms with Crippen molar-refractivity contribution in [3.8, 4) is 0 Å². The molecule has 5 heteroatoms. The molecule has 0 spiro atoms. The van der Waals surface area contributed by atoms with Gasteiger partial charge in [0, 0.05) is 11.4 Å². The largest absolute Gasteiger partial charge is 0.505 e. The first kappa shape index (κ1) is 19.1. The van der Waals surface area contributed by atoms with Gasteiger partial charge in [0.2, 0.25) is 11.8 Å². The molecule has 1 N–H and O–H groups in total. The summed E-state index contributed by atoms with van der Waals surface area (Å²) in [4.78, 5) is 28.2. The number of hydrogen-bond acceptors (Lipinski definition) is 3. The maximum atomic E-state index is 14.2. The van der Waals surface area contributed by atoms with E-state index in [1.165, 1.54) is 0 Å². The van der Waals surface area contributed by atoms with Crippen LogP contribution in [0.4, 0.5) is 11.4 Å². The number of nitrogens with one attached hydrogen (secondary N) is 1. The zero-order chi connectivity index (χ0) is 21.4. The summed E-state index contributed by atoms with van der Waals surface area (Å²) in [5.74, 6) is -0.131. The molecule has 2 aliphatic heterocycles. The Morgan fingerprint density at radius 2 is 1.71 bits per heavy atom. The Morgan fingerprint density at radius 3 is 2.52 bits per heavy atom. The molecule has 0 fully saturated rings. The summed E-state index contributed by atoms with van der Waals surface area (Å²) < 4.78 is 5.27. The van der Waals surface area contributed by atoms with Crippen LogP contribution in [0.25, 0.3) is 0 Å². The number of nitrogens with zero attached hydrogens (tertiary/aromatic N) is 1. The van der Waals surface area contributed by atoms with Gasteiger partial charge in [0.15, 0.2) is 0 Å². The minimum absolute atomic E-state index is 0.0619. The second-order valence-electron chi connectivity index (χ2n) is 7.81. The predicted molar refractivity (Wildman–Crippen MR) is 120 cm³/mol. The van der Waals surface area contributed by atoms with Gasteiger partial charge in [-0.25, -0.2) is 0 Å². The topological polar surface area (TPSA) is 58.6 Å². The van der Waals surface area contributed by atoms with Gasteiger partial charge in [-0.2, -0.15) is 0 Å². The quantitative estimate of drug-likeness (QED) is 0.642. The summed E-state index contributed by atoms with van der Waals surface area (Å²) in [6, 6.07) is 23.5. The van der Waals surface area contributed by atoms with E-state index in [1.54, 1.807) is 19.4 Å². The highest BCUT2D eigenvalue weighted by molar-refractivity contribution is 6.14. The highest BCUT2D eigenvalue weighted by atomic mass is 16.5. The standard InChI is InChI=1S/C26H22N2O3/c1-31-15-14-26(21-12-7-10-19-16-23(29)27-24(19)21)20-11-5-6-13-22(20)28(25(26)30)17-18-8-3-2-4-9-18/h2-15H,16-17H2,1H3,(H,27,29)/b15-14+/t26-/m1/s1. The highest BCUT2D eigenvalue weighted by Gasteiger charge is 2.52. The van der Waals surface area contributed by atoms with E-state index in [1.807, 2.05) is 77.7 Å². The molecular weight excluding hydrogens is 388 g/mol. The lowest BCUT2D eigenvalue weighted by Crippen LogP contribution is -2.40. The van der Waals surface area contributed by atoms with E-state index in [-0.39, 0.29) is 11.8 Å². The minimum atomic E-state index is -1.09. The number of hydrogen-bond donors (Lipinski definition) is 1. The third kappa shape index (κ3) is 2.93. The fourth-order valence-electron chi connectivity index (χ4n) is 4.66. The maximum absolute atomic E-state index is 14.2. The summed E-state index contributed by atoms with van der Waals surface area (Å²) in [6.07, 6.45) is 3.67. The van der Waals surface area contributed by atoms with Crippen molar-refractivity contribution in [3.63, 3.8) is 0 Å². The normalized spacial score (nSPS) is 19.5. The number of carbonyl (C=O) groups is 2. The second-order valence-corrected chi connectivity index (χ2v) is 7.81. The van der Waals surface area contributed by atoms with Crippen LogP contribution in [0.2, 0.25) is 0 Å². The number of methoxy groups -OCH3 is 1. The molecule has 0 bridgehead atoms. The fourth-order valence-corrected chi connectivity index (χ4v) is 4.66. The Morgan fingerprint density at radius 1 is 0.968 bits per heavy atom. The smallest absolute Gasteiger partial charge is 0.246 e. The van der Waals surface area contributed by atoms with Crippen molar-refractivity contribution in [2.75, 3.05) is 17.3 Å². The summed E-state index contributed by atoms with van der Waals surface area (Å²) in [5.41, 5.74) is 4.07. The van der Waals surface area contributed by atoms with Crippen LogP contribution in [0.5, 0.6) is 0 Å². The Kier molecular flexibility index (Phi) is 4.59. The van der Waals surface area contributed by atoms with Crippen LogP contribution in [0.15, 0.2) is 85.1 Å². The zero-order valence-corrected chi connectivity index (χ0v) is 17.2. The van der Waals surface area contributed by atoms with Gasteiger partial charge in [0.25, 0.3) is 0 Å². The van der Waals surface area contributed by atoms with Crippen molar-refractivity contribution < 1.29 is 14.3 Å². The fraction of sp³-hybridized carbons (Fsp3) is 0.154. The van der Waals surface area contributed by atoms with Crippen molar-refractivity contribution in [1.29, 1.82) is 0 Å². The number of ether oxygens (including phenoxy) is 1. The van der Waals surface area contributed by atoms with Crippen molar-refractivity contribution >= 4 is 23.2 Å². The van der Waals surface area contributed by atoms with Crippen LogP contribution in [-0.2, 0) is 32.7 Å². The summed E-state index contributed by atoms with van der Waals surface area (Å²) in [7, 11) is 1.56. The summed E-state index contributed by atoms with van der Waals surface area (Å²) in [6.45, 7) is 0.459. The summed E-state index contributed by atoms with van der Waals surface area (Å²) >= 11 is 0. The van der Waals surface area contributed by atoms with Gasteiger partial charge in [-0.15, -0.1) is 0 Å². The minimum Gasteiger partial charge on any atom is -0.505 e. The first-order valence-corrected chi connectivity index (χ1v) is 10.2. The van der Waals surface area contributed by atoms with E-state index >= 15 is 0 Å². The molecule has 2 aliphatic rings. The van der Waals surface area contributed by atoms with Crippen molar-refractivity contribution in [1.82, 2.24) is 0 Å². The number of benzene rings is 3. The molecule has 2 amide bonds. The van der Waals surface area contributed by atoms with Gasteiger partial charge in [-0.1, -0.05) is 66.7 Å². The number of fused-ring (bicyclic) bond motifs is 2. The Bertz CT molecular complexity index is 1200. The number of amides is 2. The van der Waals surface area contributed by atoms with E-state index in [0.29, 0.717) is 13.0 Å². The van der Waals surface area contributed by atoms with Gasteiger partial charge >= 0.3 is 0 Å². The molecule has 0 unspecified atom stereocenters. The molecule has 3 aromatic carbocycles. The van der Waals surface area contributed by atoms with E-state index < -0.39 is 5.41 Å². The van der Waals surface area contributed by atoms with Crippen LogP contribution in [0, 0.1) is 0 Å². The van der Waals surface area contributed by atoms with Gasteiger partial charge in [0.05, 0.1) is 26.3 Å². The highest BCUT2D eigenvalue weighted by Crippen LogP contribution is 2.50. The van der Waals surface area contributed by atoms with E-state index in [0.717, 1.165) is 33.6 Å². The lowest BCUT2D eigenvalue weighted by molar-refractivity contribution is -0.120. The molecule has 5 nitrogen and oxygen atoms in total. The van der Waals surface area contributed by atoms with Gasteiger partial charge < -0.3 is 15.0 Å². The van der Waals surface area contributed by atoms with Crippen molar-refractivity contribution in [2.24, 2.45) is 0 Å². The first-order chi connectivity index (χ1) is 15.1. The molecule has 3 aromatic rings. The van der Waals surface area contributed by atoms with Gasteiger partial charge in [0.1, 0.15) is 5.41 Å². The predicted octanol–water partition coefficient (Wildman–Crippen LogP) is 4.17. The van der Waals surface area contributed by atoms with Crippen molar-refractivity contribution in [2.45, 2.75) is 18.4 Å². The SMILES string of the molecule is CO/C=C/[C@@]1(c2cccc3c2NC(=O)C3)C(=O)N(Cc2ccccc2)c2ccccc21. The molecule has 1 atom stereocenters. The van der Waals surface area contributed by atoms with Crippen LogP contribution >= 0.6 is 0 Å². The Labute approximate surface area is 181 Å². The number of rotatable bonds is 5. The van der Waals surface area contributed by atoms with E-state index in [2.05, 4.69) is 5.32 Å². The average molecular weight is 410 g/mol. The average Bonchev–Trinajstić information content (AvgIpc) is 3.29. The molecule has 2 heterocycles. The van der Waals surface area contributed by atoms with Gasteiger partial charge in [-0.3, -0.25) is 9.59 Å². The number of para-hydroxylation sites is 2. The Balaban J connectivity index is 1.73. The molecule has 31 heavy (non-hydrogen) atoms. The molecule has 5 rings (SSSR count). The zero-order valence-electron chi connectivity index (χ0n) is 17.2. The van der Waals surface area contributed by atoms with Crippen molar-refractivity contribution in [3.05, 3.63) is 107 Å². The van der Waals surface area contributed by atoms with Gasteiger partial charge in [-0.05, 0) is 34.4 Å². The second kappa shape index (κ2) is 7.43. The van der Waals surface area contributed by atoms with E-state index in [9.17, 15) is 9.59 Å². The van der Waals surface area contributed by atoms with E-state index in [4.69, 9.17) is 4.74 Å². The molecule has 0 radical (unpaired) electrons.